The Bertz CT molecular complexity index is 1160. The Labute approximate surface area is 161 Å². The molecule has 1 amide bonds. The number of sulfone groups is 1. The van der Waals surface area contributed by atoms with Crippen molar-refractivity contribution >= 4 is 21.4 Å². The Morgan fingerprint density at radius 1 is 0.929 bits per heavy atom. The molecule has 28 heavy (non-hydrogen) atoms. The number of benzene rings is 2. The van der Waals surface area contributed by atoms with E-state index in [0.717, 1.165) is 29.5 Å². The number of pyridine rings is 1. The van der Waals surface area contributed by atoms with Crippen molar-refractivity contribution in [3.63, 3.8) is 0 Å². The second-order valence-corrected chi connectivity index (χ2v) is 8.11. The van der Waals surface area contributed by atoms with Crippen LogP contribution < -0.4 is 5.32 Å². The first kappa shape index (κ1) is 19.6. The molecule has 0 spiro atoms. The van der Waals surface area contributed by atoms with E-state index in [1.807, 2.05) is 13.8 Å². The zero-order valence-corrected chi connectivity index (χ0v) is 15.8. The number of hydrogen-bond acceptors (Lipinski definition) is 4. The van der Waals surface area contributed by atoms with Gasteiger partial charge in [0.05, 0.1) is 10.5 Å². The van der Waals surface area contributed by atoms with Gasteiger partial charge in [-0.05, 0) is 61.4 Å². The number of carbonyl (C=O) groups is 1. The molecule has 1 heterocycles. The fourth-order valence-electron chi connectivity index (χ4n) is 2.45. The highest BCUT2D eigenvalue weighted by Crippen LogP contribution is 2.22. The Morgan fingerprint density at radius 3 is 2.29 bits per heavy atom. The molecule has 144 valence electrons. The SMILES string of the molecule is Cc1ccc(S(=O)(=O)c2ccc(C(=O)Nc3ccc(F)c(F)c3)cn2)cc1C. The van der Waals surface area contributed by atoms with E-state index in [1.165, 1.54) is 24.3 Å². The second kappa shape index (κ2) is 7.47. The highest BCUT2D eigenvalue weighted by molar-refractivity contribution is 7.91. The number of halogens is 2. The predicted octanol–water partition coefficient (Wildman–Crippen LogP) is 4.06. The lowest BCUT2D eigenvalue weighted by Gasteiger charge is -2.08. The number of nitrogens with one attached hydrogen (secondary N) is 1. The summed E-state index contributed by atoms with van der Waals surface area (Å²) in [5.74, 6) is -2.75. The number of carbonyl (C=O) groups excluding carboxylic acids is 1. The molecule has 5 nitrogen and oxygen atoms in total. The van der Waals surface area contributed by atoms with Gasteiger partial charge < -0.3 is 5.32 Å². The summed E-state index contributed by atoms with van der Waals surface area (Å²) in [6, 6.07) is 10.3. The molecule has 0 saturated heterocycles. The van der Waals surface area contributed by atoms with E-state index >= 15 is 0 Å². The molecule has 0 unspecified atom stereocenters. The molecule has 1 N–H and O–H groups in total. The molecular weight excluding hydrogens is 386 g/mol. The molecule has 0 aliphatic carbocycles. The Balaban J connectivity index is 1.83. The number of aromatic nitrogens is 1. The minimum Gasteiger partial charge on any atom is -0.322 e. The van der Waals surface area contributed by atoms with Crippen molar-refractivity contribution < 1.29 is 22.0 Å². The molecule has 3 aromatic rings. The van der Waals surface area contributed by atoms with Gasteiger partial charge in [-0.2, -0.15) is 0 Å². The van der Waals surface area contributed by atoms with Gasteiger partial charge in [0.15, 0.2) is 16.7 Å². The van der Waals surface area contributed by atoms with Gasteiger partial charge >= 0.3 is 0 Å². The van der Waals surface area contributed by atoms with Crippen LogP contribution in [0.25, 0.3) is 0 Å². The summed E-state index contributed by atoms with van der Waals surface area (Å²) in [7, 11) is -3.82. The van der Waals surface area contributed by atoms with Crippen LogP contribution in [-0.2, 0) is 9.84 Å². The van der Waals surface area contributed by atoms with E-state index in [4.69, 9.17) is 0 Å². The van der Waals surface area contributed by atoms with Gasteiger partial charge in [0.1, 0.15) is 0 Å². The number of aryl methyl sites for hydroxylation is 2. The maximum Gasteiger partial charge on any atom is 0.257 e. The van der Waals surface area contributed by atoms with E-state index in [-0.39, 0.29) is 21.2 Å². The summed E-state index contributed by atoms with van der Waals surface area (Å²) < 4.78 is 51.6. The number of nitrogens with zero attached hydrogens (tertiary/aromatic N) is 1. The largest absolute Gasteiger partial charge is 0.322 e. The smallest absolute Gasteiger partial charge is 0.257 e. The average Bonchev–Trinajstić information content (AvgIpc) is 2.67. The lowest BCUT2D eigenvalue weighted by Crippen LogP contribution is -2.13. The molecule has 8 heteroatoms. The van der Waals surface area contributed by atoms with Crippen LogP contribution in [0.1, 0.15) is 21.5 Å². The summed E-state index contributed by atoms with van der Waals surface area (Å²) in [6.07, 6.45) is 1.11. The van der Waals surface area contributed by atoms with Crippen molar-refractivity contribution in [2.45, 2.75) is 23.8 Å². The first-order valence-electron chi connectivity index (χ1n) is 8.23. The average molecular weight is 402 g/mol. The van der Waals surface area contributed by atoms with Crippen molar-refractivity contribution in [1.82, 2.24) is 4.98 Å². The molecule has 0 bridgehead atoms. The standard InChI is InChI=1S/C20H16F2N2O3S/c1-12-3-6-16(9-13(12)2)28(26,27)19-8-4-14(11-23-19)20(25)24-15-5-7-17(21)18(22)10-15/h3-11H,1-2H3,(H,24,25). The molecule has 1 aromatic heterocycles. The third kappa shape index (κ3) is 3.91. The minimum atomic E-state index is -3.82. The highest BCUT2D eigenvalue weighted by atomic mass is 32.2. The van der Waals surface area contributed by atoms with Gasteiger partial charge in [-0.1, -0.05) is 6.07 Å². The molecule has 0 atom stereocenters. The summed E-state index contributed by atoms with van der Waals surface area (Å²) in [4.78, 5) is 16.2. The monoisotopic (exact) mass is 402 g/mol. The van der Waals surface area contributed by atoms with E-state index < -0.39 is 27.4 Å². The van der Waals surface area contributed by atoms with Gasteiger partial charge in [0.2, 0.25) is 9.84 Å². The van der Waals surface area contributed by atoms with Crippen LogP contribution in [0.2, 0.25) is 0 Å². The Hall–Kier alpha value is -3.13. The summed E-state index contributed by atoms with van der Waals surface area (Å²) in [6.45, 7) is 3.69. The van der Waals surface area contributed by atoms with Crippen LogP contribution >= 0.6 is 0 Å². The number of anilines is 1. The van der Waals surface area contributed by atoms with Gasteiger partial charge in [-0.25, -0.2) is 22.2 Å². The van der Waals surface area contributed by atoms with Crippen molar-refractivity contribution in [2.75, 3.05) is 5.32 Å². The first-order chi connectivity index (χ1) is 13.2. The Kier molecular flexibility index (Phi) is 5.24. The second-order valence-electron chi connectivity index (χ2n) is 6.22. The van der Waals surface area contributed by atoms with Crippen molar-refractivity contribution in [3.05, 3.63) is 83.1 Å². The number of amides is 1. The number of hydrogen-bond donors (Lipinski definition) is 1. The van der Waals surface area contributed by atoms with Crippen LogP contribution in [-0.4, -0.2) is 19.3 Å². The summed E-state index contributed by atoms with van der Waals surface area (Å²) in [5, 5.41) is 2.20. The summed E-state index contributed by atoms with van der Waals surface area (Å²) in [5.41, 5.74) is 1.94. The molecule has 0 radical (unpaired) electrons. The van der Waals surface area contributed by atoms with Crippen molar-refractivity contribution in [3.8, 4) is 0 Å². The topological polar surface area (TPSA) is 76.1 Å². The van der Waals surface area contributed by atoms with Crippen molar-refractivity contribution in [1.29, 1.82) is 0 Å². The van der Waals surface area contributed by atoms with E-state index in [2.05, 4.69) is 10.3 Å². The highest BCUT2D eigenvalue weighted by Gasteiger charge is 2.20. The normalized spacial score (nSPS) is 11.3. The predicted molar refractivity (Wildman–Crippen MR) is 99.9 cm³/mol. The van der Waals surface area contributed by atoms with Gasteiger partial charge in [-0.15, -0.1) is 0 Å². The fraction of sp³-hybridized carbons (Fsp3) is 0.100. The molecule has 0 fully saturated rings. The minimum absolute atomic E-state index is 0.0655. The molecule has 3 rings (SSSR count). The molecule has 0 aliphatic heterocycles. The van der Waals surface area contributed by atoms with Crippen molar-refractivity contribution in [2.24, 2.45) is 0 Å². The molecule has 0 aliphatic rings. The van der Waals surface area contributed by atoms with Crippen LogP contribution in [0.4, 0.5) is 14.5 Å². The molecule has 0 saturated carbocycles. The molecule has 2 aromatic carbocycles. The first-order valence-corrected chi connectivity index (χ1v) is 9.71. The maximum absolute atomic E-state index is 13.2. The van der Waals surface area contributed by atoms with Crippen LogP contribution in [0.15, 0.2) is 64.6 Å². The van der Waals surface area contributed by atoms with Crippen LogP contribution in [0, 0.1) is 25.5 Å². The zero-order chi connectivity index (χ0) is 20.5. The van der Waals surface area contributed by atoms with E-state index in [1.54, 1.807) is 12.1 Å². The van der Waals surface area contributed by atoms with Gasteiger partial charge in [-0.3, -0.25) is 4.79 Å². The zero-order valence-electron chi connectivity index (χ0n) is 15.0. The Morgan fingerprint density at radius 2 is 1.68 bits per heavy atom. The fourth-order valence-corrected chi connectivity index (χ4v) is 3.71. The maximum atomic E-state index is 13.2. The van der Waals surface area contributed by atoms with Gasteiger partial charge in [0.25, 0.3) is 5.91 Å². The lowest BCUT2D eigenvalue weighted by atomic mass is 10.1. The quantitative estimate of drug-likeness (QED) is 0.714. The van der Waals surface area contributed by atoms with E-state index in [0.29, 0.717) is 0 Å². The van der Waals surface area contributed by atoms with E-state index in [9.17, 15) is 22.0 Å². The third-order valence-corrected chi connectivity index (χ3v) is 5.91. The van der Waals surface area contributed by atoms with Gasteiger partial charge in [0, 0.05) is 18.0 Å². The third-order valence-electron chi connectivity index (χ3n) is 4.24. The van der Waals surface area contributed by atoms with Crippen LogP contribution in [0.3, 0.4) is 0 Å². The lowest BCUT2D eigenvalue weighted by molar-refractivity contribution is 0.102. The summed E-state index contributed by atoms with van der Waals surface area (Å²) >= 11 is 0. The van der Waals surface area contributed by atoms with Crippen LogP contribution in [0.5, 0.6) is 0 Å². The number of rotatable bonds is 4. The molecular formula is C20H16F2N2O3S.